The Bertz CT molecular complexity index is 719. The predicted molar refractivity (Wildman–Crippen MR) is 148 cm³/mol. The molecule has 9 heteroatoms. The molecule has 0 spiro atoms. The number of anilines is 1. The van der Waals surface area contributed by atoms with Gasteiger partial charge in [-0.05, 0) is 26.8 Å². The lowest BCUT2D eigenvalue weighted by atomic mass is 10.2. The Balaban J connectivity index is 0.00000385. The zero-order chi connectivity index (χ0) is 22.9. The summed E-state index contributed by atoms with van der Waals surface area (Å²) in [7, 11) is 3.38. The van der Waals surface area contributed by atoms with E-state index in [2.05, 4.69) is 58.2 Å². The number of hydrogen-bond acceptors (Lipinski definition) is 6. The second-order valence-corrected chi connectivity index (χ2v) is 8.69. The molecule has 0 radical (unpaired) electrons. The quantitative estimate of drug-likeness (QED) is 0.267. The molecule has 2 N–H and O–H groups in total. The van der Waals surface area contributed by atoms with Crippen molar-refractivity contribution in [1.29, 1.82) is 0 Å². The molecule has 3 rings (SSSR count). The number of ether oxygens (including phenoxy) is 2. The van der Waals surface area contributed by atoms with Crippen molar-refractivity contribution in [2.75, 3.05) is 78.0 Å². The molecule has 2 aliphatic rings. The monoisotopic (exact) mass is 574 g/mol. The van der Waals surface area contributed by atoms with Gasteiger partial charge in [0.15, 0.2) is 5.96 Å². The molecular formula is C24H43IN6O2. The first kappa shape index (κ1) is 27.8. The van der Waals surface area contributed by atoms with Crippen LogP contribution < -0.4 is 25.0 Å². The second-order valence-electron chi connectivity index (χ2n) is 8.69. The van der Waals surface area contributed by atoms with Gasteiger partial charge in [0.25, 0.3) is 0 Å². The van der Waals surface area contributed by atoms with Gasteiger partial charge in [-0.1, -0.05) is 6.92 Å². The molecule has 188 valence electrons. The van der Waals surface area contributed by atoms with Crippen LogP contribution in [-0.2, 0) is 0 Å². The predicted octanol–water partition coefficient (Wildman–Crippen LogP) is 2.48. The first-order valence-electron chi connectivity index (χ1n) is 12.1. The van der Waals surface area contributed by atoms with E-state index in [0.29, 0.717) is 12.1 Å². The molecule has 0 saturated carbocycles. The van der Waals surface area contributed by atoms with Gasteiger partial charge in [0.1, 0.15) is 11.5 Å². The number of aliphatic imine (C=N–C) groups is 1. The largest absolute Gasteiger partial charge is 0.497 e. The van der Waals surface area contributed by atoms with Crippen LogP contribution >= 0.6 is 24.0 Å². The number of piperazine rings is 1. The first-order valence-corrected chi connectivity index (χ1v) is 12.1. The SMILES string of the molecule is CCNC(=NCC(C)N1CCN(CC)CC1)NC1CCN(c2cc(OC)cc(OC)c2)C1.I. The molecule has 2 aliphatic heterocycles. The summed E-state index contributed by atoms with van der Waals surface area (Å²) in [4.78, 5) is 12.4. The highest BCUT2D eigenvalue weighted by Gasteiger charge is 2.25. The molecule has 2 heterocycles. The molecule has 1 aromatic carbocycles. The molecule has 33 heavy (non-hydrogen) atoms. The van der Waals surface area contributed by atoms with E-state index in [-0.39, 0.29) is 24.0 Å². The third-order valence-corrected chi connectivity index (χ3v) is 6.57. The molecule has 0 aliphatic carbocycles. The van der Waals surface area contributed by atoms with E-state index in [1.165, 1.54) is 0 Å². The highest BCUT2D eigenvalue weighted by atomic mass is 127. The van der Waals surface area contributed by atoms with Crippen molar-refractivity contribution in [3.05, 3.63) is 18.2 Å². The zero-order valence-corrected chi connectivity index (χ0v) is 23.3. The van der Waals surface area contributed by atoms with Gasteiger partial charge in [0, 0.05) is 81.8 Å². The lowest BCUT2D eigenvalue weighted by Gasteiger charge is -2.37. The van der Waals surface area contributed by atoms with Gasteiger partial charge in [-0.25, -0.2) is 0 Å². The van der Waals surface area contributed by atoms with Crippen LogP contribution in [-0.4, -0.2) is 101 Å². The summed E-state index contributed by atoms with van der Waals surface area (Å²) in [6, 6.07) is 6.87. The van der Waals surface area contributed by atoms with Crippen LogP contribution in [0.5, 0.6) is 11.5 Å². The average molecular weight is 575 g/mol. The maximum Gasteiger partial charge on any atom is 0.191 e. The second kappa shape index (κ2) is 14.1. The van der Waals surface area contributed by atoms with E-state index in [9.17, 15) is 0 Å². The molecule has 2 atom stereocenters. The molecule has 0 aromatic heterocycles. The summed E-state index contributed by atoms with van der Waals surface area (Å²) in [6.45, 7) is 16.0. The smallest absolute Gasteiger partial charge is 0.191 e. The fourth-order valence-electron chi connectivity index (χ4n) is 4.46. The van der Waals surface area contributed by atoms with E-state index >= 15 is 0 Å². The van der Waals surface area contributed by atoms with Gasteiger partial charge in [-0.2, -0.15) is 0 Å². The summed E-state index contributed by atoms with van der Waals surface area (Å²) in [5.74, 6) is 2.56. The maximum atomic E-state index is 5.44. The molecule has 1 aromatic rings. The normalized spacial score (nSPS) is 20.8. The molecule has 0 amide bonds. The van der Waals surface area contributed by atoms with Gasteiger partial charge in [0.05, 0.1) is 20.8 Å². The number of hydrogen-bond donors (Lipinski definition) is 2. The van der Waals surface area contributed by atoms with Gasteiger partial charge in [0.2, 0.25) is 0 Å². The fourth-order valence-corrected chi connectivity index (χ4v) is 4.46. The van der Waals surface area contributed by atoms with Crippen molar-refractivity contribution in [2.45, 2.75) is 39.3 Å². The van der Waals surface area contributed by atoms with Gasteiger partial charge < -0.3 is 29.9 Å². The van der Waals surface area contributed by atoms with Crippen LogP contribution in [0.2, 0.25) is 0 Å². The van der Waals surface area contributed by atoms with Crippen molar-refractivity contribution >= 4 is 35.6 Å². The summed E-state index contributed by atoms with van der Waals surface area (Å²) >= 11 is 0. The minimum Gasteiger partial charge on any atom is -0.497 e. The molecular weight excluding hydrogens is 531 g/mol. The number of benzene rings is 1. The van der Waals surface area contributed by atoms with E-state index < -0.39 is 0 Å². The summed E-state index contributed by atoms with van der Waals surface area (Å²) < 4.78 is 10.9. The minimum atomic E-state index is 0. The summed E-state index contributed by atoms with van der Waals surface area (Å²) in [6.07, 6.45) is 1.07. The van der Waals surface area contributed by atoms with Gasteiger partial charge >= 0.3 is 0 Å². The van der Waals surface area contributed by atoms with Crippen LogP contribution in [0.3, 0.4) is 0 Å². The van der Waals surface area contributed by atoms with Crippen LogP contribution in [0.4, 0.5) is 5.69 Å². The Morgan fingerprint density at radius 1 is 1.06 bits per heavy atom. The fraction of sp³-hybridized carbons (Fsp3) is 0.708. The van der Waals surface area contributed by atoms with Crippen LogP contribution in [0, 0.1) is 0 Å². The first-order chi connectivity index (χ1) is 15.6. The Kier molecular flexibility index (Phi) is 11.8. The minimum absolute atomic E-state index is 0. The Hall–Kier alpha value is -1.46. The Labute approximate surface area is 217 Å². The van der Waals surface area contributed by atoms with Crippen molar-refractivity contribution < 1.29 is 9.47 Å². The topological polar surface area (TPSA) is 64.6 Å². The van der Waals surface area contributed by atoms with E-state index in [1.807, 2.05) is 6.07 Å². The Morgan fingerprint density at radius 3 is 2.30 bits per heavy atom. The van der Waals surface area contributed by atoms with Crippen LogP contribution in [0.25, 0.3) is 0 Å². The average Bonchev–Trinajstić information content (AvgIpc) is 3.30. The van der Waals surface area contributed by atoms with Crippen LogP contribution in [0.15, 0.2) is 23.2 Å². The van der Waals surface area contributed by atoms with Crippen molar-refractivity contribution in [3.63, 3.8) is 0 Å². The molecule has 8 nitrogen and oxygen atoms in total. The number of halogens is 1. The number of guanidine groups is 1. The summed E-state index contributed by atoms with van der Waals surface area (Å²) in [5.41, 5.74) is 1.13. The molecule has 2 fully saturated rings. The van der Waals surface area contributed by atoms with Crippen LogP contribution in [0.1, 0.15) is 27.2 Å². The number of rotatable bonds is 9. The maximum absolute atomic E-state index is 5.44. The highest BCUT2D eigenvalue weighted by Crippen LogP contribution is 2.30. The van der Waals surface area contributed by atoms with Crippen molar-refractivity contribution in [2.24, 2.45) is 4.99 Å². The van der Waals surface area contributed by atoms with Gasteiger partial charge in [-0.3, -0.25) is 9.89 Å². The lowest BCUT2D eigenvalue weighted by molar-refractivity contribution is 0.109. The zero-order valence-electron chi connectivity index (χ0n) is 21.0. The number of nitrogens with zero attached hydrogens (tertiary/aromatic N) is 4. The van der Waals surface area contributed by atoms with Gasteiger partial charge in [-0.15, -0.1) is 24.0 Å². The van der Waals surface area contributed by atoms with E-state index in [0.717, 1.165) is 88.5 Å². The summed E-state index contributed by atoms with van der Waals surface area (Å²) in [5, 5.41) is 7.08. The van der Waals surface area contributed by atoms with Crippen molar-refractivity contribution in [3.8, 4) is 11.5 Å². The third-order valence-electron chi connectivity index (χ3n) is 6.57. The lowest BCUT2D eigenvalue weighted by Crippen LogP contribution is -2.50. The standard InChI is InChI=1S/C24H42N6O2.HI/c1-6-25-24(26-17-19(3)29-12-10-28(7-2)11-13-29)27-20-8-9-30(18-20)21-14-22(31-4)16-23(15-21)32-5;/h14-16,19-20H,6-13,17-18H2,1-5H3,(H2,25,26,27);1H. The molecule has 2 saturated heterocycles. The van der Waals surface area contributed by atoms with E-state index in [1.54, 1.807) is 14.2 Å². The molecule has 0 bridgehead atoms. The van der Waals surface area contributed by atoms with E-state index in [4.69, 9.17) is 14.5 Å². The molecule has 2 unspecified atom stereocenters. The number of nitrogens with one attached hydrogen (secondary N) is 2. The van der Waals surface area contributed by atoms with Crippen molar-refractivity contribution in [1.82, 2.24) is 20.4 Å². The highest BCUT2D eigenvalue weighted by molar-refractivity contribution is 14.0. The Morgan fingerprint density at radius 2 is 1.73 bits per heavy atom. The number of likely N-dealkylation sites (N-methyl/N-ethyl adjacent to an activating group) is 1. The third kappa shape index (κ3) is 8.06. The number of methoxy groups -OCH3 is 2.